The van der Waals surface area contributed by atoms with Gasteiger partial charge in [0, 0.05) is 26.7 Å². The van der Waals surface area contributed by atoms with E-state index < -0.39 is 0 Å². The van der Waals surface area contributed by atoms with Gasteiger partial charge in [-0.3, -0.25) is 9.79 Å². The van der Waals surface area contributed by atoms with Crippen LogP contribution in [0.1, 0.15) is 48.0 Å². The molecule has 1 aromatic heterocycles. The van der Waals surface area contributed by atoms with Crippen molar-refractivity contribution in [1.29, 1.82) is 0 Å². The van der Waals surface area contributed by atoms with Gasteiger partial charge in [0.25, 0.3) is 5.91 Å². The maximum atomic E-state index is 12.0. The number of nitrogens with zero attached hydrogens (tertiary/aromatic N) is 3. The number of aliphatic imine (C=N–C) groups is 1. The Morgan fingerprint density at radius 1 is 1.38 bits per heavy atom. The van der Waals surface area contributed by atoms with E-state index in [2.05, 4.69) is 39.0 Å². The highest BCUT2D eigenvalue weighted by Gasteiger charge is 2.10. The first-order valence-corrected chi connectivity index (χ1v) is 9.76. The molecule has 0 atom stereocenters. The van der Waals surface area contributed by atoms with Gasteiger partial charge in [0.2, 0.25) is 0 Å². The highest BCUT2D eigenvalue weighted by atomic mass is 127. The Balaban J connectivity index is 0.00000625. The molecule has 0 radical (unpaired) electrons. The maximum absolute atomic E-state index is 12.0. The molecule has 0 fully saturated rings. The number of unbranched alkanes of at least 4 members (excludes halogenated alkanes) is 3. The molecule has 1 heterocycles. The molecule has 2 N–H and O–H groups in total. The van der Waals surface area contributed by atoms with Crippen molar-refractivity contribution < 1.29 is 4.79 Å². The van der Waals surface area contributed by atoms with Crippen molar-refractivity contribution in [2.75, 3.05) is 33.2 Å². The van der Waals surface area contributed by atoms with Crippen LogP contribution in [0.15, 0.2) is 23.2 Å². The predicted octanol–water partition coefficient (Wildman–Crippen LogP) is 3.44. The summed E-state index contributed by atoms with van der Waals surface area (Å²) in [6.07, 6.45) is 6.57. The van der Waals surface area contributed by atoms with E-state index in [4.69, 9.17) is 0 Å². The van der Waals surface area contributed by atoms with Gasteiger partial charge in [-0.15, -0.1) is 41.9 Å². The number of allylic oxidation sites excluding steroid dienone is 1. The van der Waals surface area contributed by atoms with Gasteiger partial charge in [0.15, 0.2) is 5.96 Å². The number of hydrogen-bond donors (Lipinski definition) is 2. The lowest BCUT2D eigenvalue weighted by atomic mass is 10.2. The number of thiazole rings is 1. The number of hydrogen-bond acceptors (Lipinski definition) is 4. The molecule has 8 heteroatoms. The number of rotatable bonds is 11. The SMILES string of the molecule is C=CCCCCCN(C)C(=NCCNC(=O)c1scnc1C)NCC.I. The van der Waals surface area contributed by atoms with Crippen molar-refractivity contribution in [2.24, 2.45) is 4.99 Å². The van der Waals surface area contributed by atoms with Gasteiger partial charge >= 0.3 is 0 Å². The van der Waals surface area contributed by atoms with Crippen molar-refractivity contribution in [3.8, 4) is 0 Å². The van der Waals surface area contributed by atoms with Crippen LogP contribution in [0.2, 0.25) is 0 Å². The summed E-state index contributed by atoms with van der Waals surface area (Å²) in [5.74, 6) is 0.810. The minimum absolute atomic E-state index is 0. The van der Waals surface area contributed by atoms with Gasteiger partial charge in [-0.25, -0.2) is 4.98 Å². The van der Waals surface area contributed by atoms with E-state index in [0.29, 0.717) is 18.0 Å². The quantitative estimate of drug-likeness (QED) is 0.163. The van der Waals surface area contributed by atoms with Crippen LogP contribution in [0, 0.1) is 6.92 Å². The fourth-order valence-electron chi connectivity index (χ4n) is 2.32. The molecule has 148 valence electrons. The van der Waals surface area contributed by atoms with E-state index in [-0.39, 0.29) is 29.9 Å². The molecule has 0 spiro atoms. The van der Waals surface area contributed by atoms with Crippen LogP contribution in [0.4, 0.5) is 0 Å². The molecule has 0 aliphatic heterocycles. The average molecular weight is 493 g/mol. The molecule has 1 rings (SSSR count). The second-order valence-electron chi connectivity index (χ2n) is 5.82. The fourth-order valence-corrected chi connectivity index (χ4v) is 3.04. The number of aromatic nitrogens is 1. The Bertz CT molecular complexity index is 562. The van der Waals surface area contributed by atoms with E-state index in [1.165, 1.54) is 24.2 Å². The van der Waals surface area contributed by atoms with Crippen molar-refractivity contribution in [2.45, 2.75) is 39.5 Å². The van der Waals surface area contributed by atoms with Crippen LogP contribution in [0.3, 0.4) is 0 Å². The zero-order chi connectivity index (χ0) is 18.5. The van der Waals surface area contributed by atoms with Crippen LogP contribution in [-0.2, 0) is 0 Å². The molecule has 1 amide bonds. The smallest absolute Gasteiger partial charge is 0.263 e. The van der Waals surface area contributed by atoms with E-state index in [1.807, 2.05) is 20.0 Å². The van der Waals surface area contributed by atoms with Gasteiger partial charge in [-0.05, 0) is 33.1 Å². The van der Waals surface area contributed by atoms with Crippen LogP contribution in [0.25, 0.3) is 0 Å². The van der Waals surface area contributed by atoms with Crippen molar-refractivity contribution in [3.63, 3.8) is 0 Å². The number of guanidine groups is 1. The van der Waals surface area contributed by atoms with E-state index in [1.54, 1.807) is 5.51 Å². The summed E-state index contributed by atoms with van der Waals surface area (Å²) in [5.41, 5.74) is 2.46. The number of carbonyl (C=O) groups excluding carboxylic acids is 1. The Morgan fingerprint density at radius 3 is 2.77 bits per heavy atom. The molecule has 0 saturated carbocycles. The summed E-state index contributed by atoms with van der Waals surface area (Å²) in [7, 11) is 2.05. The first kappa shape index (κ1) is 24.8. The zero-order valence-electron chi connectivity index (χ0n) is 16.1. The second-order valence-corrected chi connectivity index (χ2v) is 6.67. The van der Waals surface area contributed by atoms with Crippen molar-refractivity contribution in [1.82, 2.24) is 20.5 Å². The molecular formula is C18H32IN5OS. The van der Waals surface area contributed by atoms with E-state index in [0.717, 1.165) is 37.6 Å². The van der Waals surface area contributed by atoms with Gasteiger partial charge in [-0.1, -0.05) is 12.5 Å². The molecule has 6 nitrogen and oxygen atoms in total. The molecule has 0 bridgehead atoms. The van der Waals surface area contributed by atoms with Crippen LogP contribution < -0.4 is 10.6 Å². The molecule has 0 saturated heterocycles. The molecule has 0 aromatic carbocycles. The summed E-state index contributed by atoms with van der Waals surface area (Å²) in [5, 5.41) is 6.20. The lowest BCUT2D eigenvalue weighted by molar-refractivity contribution is 0.0958. The van der Waals surface area contributed by atoms with Gasteiger partial charge in [0.05, 0.1) is 17.7 Å². The summed E-state index contributed by atoms with van der Waals surface area (Å²) in [6.45, 7) is 10.5. The molecular weight excluding hydrogens is 461 g/mol. The maximum Gasteiger partial charge on any atom is 0.263 e. The molecule has 0 aliphatic carbocycles. The fraction of sp³-hybridized carbons (Fsp3) is 0.611. The molecule has 1 aromatic rings. The summed E-state index contributed by atoms with van der Waals surface area (Å²) in [4.78, 5) is 23.5. The predicted molar refractivity (Wildman–Crippen MR) is 122 cm³/mol. The lowest BCUT2D eigenvalue weighted by Crippen LogP contribution is -2.40. The van der Waals surface area contributed by atoms with E-state index >= 15 is 0 Å². The second kappa shape index (κ2) is 15.0. The molecule has 0 aliphatic rings. The third kappa shape index (κ3) is 9.51. The van der Waals surface area contributed by atoms with Crippen LogP contribution >= 0.6 is 35.3 Å². The van der Waals surface area contributed by atoms with Crippen molar-refractivity contribution in [3.05, 3.63) is 28.7 Å². The molecule has 0 unspecified atom stereocenters. The summed E-state index contributed by atoms with van der Waals surface area (Å²) < 4.78 is 0. The number of aryl methyl sites for hydroxylation is 1. The van der Waals surface area contributed by atoms with Crippen molar-refractivity contribution >= 4 is 47.2 Å². The normalized spacial score (nSPS) is 10.8. The Morgan fingerprint density at radius 2 is 2.15 bits per heavy atom. The topological polar surface area (TPSA) is 69.6 Å². The summed E-state index contributed by atoms with van der Waals surface area (Å²) in [6, 6.07) is 0. The first-order valence-electron chi connectivity index (χ1n) is 8.88. The number of halogens is 1. The Labute approximate surface area is 178 Å². The Kier molecular flexibility index (Phi) is 14.3. The standard InChI is InChI=1S/C18H31N5OS.HI/c1-5-7-8-9-10-13-23(4)18(19-6-2)21-12-11-20-17(24)16-15(3)22-14-25-16;/h5,14H,1,6-13H2,2-4H3,(H,19,21)(H,20,24);1H. The number of carbonyl (C=O) groups is 1. The monoisotopic (exact) mass is 493 g/mol. The summed E-state index contributed by atoms with van der Waals surface area (Å²) >= 11 is 1.36. The minimum Gasteiger partial charge on any atom is -0.357 e. The third-order valence-electron chi connectivity index (χ3n) is 3.71. The van der Waals surface area contributed by atoms with E-state index in [9.17, 15) is 4.79 Å². The highest BCUT2D eigenvalue weighted by Crippen LogP contribution is 2.11. The zero-order valence-corrected chi connectivity index (χ0v) is 19.2. The highest BCUT2D eigenvalue weighted by molar-refractivity contribution is 14.0. The average Bonchev–Trinajstić information content (AvgIpc) is 3.03. The lowest BCUT2D eigenvalue weighted by Gasteiger charge is -2.22. The van der Waals surface area contributed by atoms with Crippen LogP contribution in [-0.4, -0.2) is 55.0 Å². The Hall–Kier alpha value is -1.16. The third-order valence-corrected chi connectivity index (χ3v) is 4.64. The largest absolute Gasteiger partial charge is 0.357 e. The number of nitrogens with one attached hydrogen (secondary N) is 2. The number of amides is 1. The first-order chi connectivity index (χ1) is 12.1. The minimum atomic E-state index is -0.0734. The van der Waals surface area contributed by atoms with Gasteiger partial charge in [-0.2, -0.15) is 0 Å². The van der Waals surface area contributed by atoms with Crippen LogP contribution in [0.5, 0.6) is 0 Å². The van der Waals surface area contributed by atoms with Gasteiger partial charge in [0.1, 0.15) is 4.88 Å². The van der Waals surface area contributed by atoms with Gasteiger partial charge < -0.3 is 15.5 Å². The molecule has 26 heavy (non-hydrogen) atoms.